The third-order valence-corrected chi connectivity index (χ3v) is 6.84. The monoisotopic (exact) mass is 572 g/mol. The van der Waals surface area contributed by atoms with Crippen molar-refractivity contribution in [2.24, 2.45) is 0 Å². The summed E-state index contributed by atoms with van der Waals surface area (Å²) in [6.45, 7) is 6.34. The second-order valence-corrected chi connectivity index (χ2v) is 10.4. The van der Waals surface area contributed by atoms with E-state index in [2.05, 4.69) is 94.3 Å². The molecule has 0 radical (unpaired) electrons. The minimum atomic E-state index is -0.166. The van der Waals surface area contributed by atoms with Crippen LogP contribution in [-0.2, 0) is 11.2 Å². The quantitative estimate of drug-likeness (QED) is 0.122. The molecule has 2 amide bonds. The second-order valence-electron chi connectivity index (χ2n) is 10.4. The lowest BCUT2D eigenvalue weighted by atomic mass is 10.2. The van der Waals surface area contributed by atoms with E-state index >= 15 is 0 Å². The summed E-state index contributed by atoms with van der Waals surface area (Å²) >= 11 is 0. The van der Waals surface area contributed by atoms with E-state index in [-0.39, 0.29) is 11.8 Å². The standard InChI is InChI=1S/C36H52N4O2/c1-2-3-4-5-6-7-8-9-10-11-12-13-14-15-16-17-18-19-20-23-35(41)37-27-28-38-36(42)33-24-25-34(39-32-33)26-31-40-29-21-22-30-40/h3-4,6-7,9-10,12-13,15-16,18-19,24-25,32H,2,5,8,11,14,17,20-23,26-31H2,1H3,(H,37,41)(H,38,42)/b4-3-,7-6-,10-9-,13-12-,16-15-,19-18-. The van der Waals surface area contributed by atoms with E-state index < -0.39 is 0 Å². The normalized spacial score (nSPS) is 14.6. The van der Waals surface area contributed by atoms with Crippen molar-refractivity contribution in [2.75, 3.05) is 32.7 Å². The van der Waals surface area contributed by atoms with E-state index in [1.807, 2.05) is 18.2 Å². The van der Waals surface area contributed by atoms with Gasteiger partial charge >= 0.3 is 0 Å². The lowest BCUT2D eigenvalue weighted by molar-refractivity contribution is -0.120. The first-order valence-corrected chi connectivity index (χ1v) is 15.8. The van der Waals surface area contributed by atoms with Crippen molar-refractivity contribution < 1.29 is 9.59 Å². The predicted octanol–water partition coefficient (Wildman–Crippen LogP) is 7.04. The number of amides is 2. The highest BCUT2D eigenvalue weighted by Crippen LogP contribution is 2.09. The van der Waals surface area contributed by atoms with E-state index in [0.29, 0.717) is 31.5 Å². The van der Waals surface area contributed by atoms with Crippen LogP contribution in [0.2, 0.25) is 0 Å². The van der Waals surface area contributed by atoms with Crippen molar-refractivity contribution in [3.05, 3.63) is 102 Å². The summed E-state index contributed by atoms with van der Waals surface area (Å²) < 4.78 is 0. The maximum atomic E-state index is 12.3. The Morgan fingerprint density at radius 1 is 0.762 bits per heavy atom. The molecule has 0 saturated carbocycles. The van der Waals surface area contributed by atoms with Crippen LogP contribution in [0.1, 0.15) is 87.2 Å². The van der Waals surface area contributed by atoms with Crippen LogP contribution in [0.25, 0.3) is 0 Å². The maximum Gasteiger partial charge on any atom is 0.252 e. The van der Waals surface area contributed by atoms with Gasteiger partial charge < -0.3 is 15.5 Å². The second kappa shape index (κ2) is 24.1. The molecule has 2 N–H and O–H groups in total. The molecule has 1 fully saturated rings. The van der Waals surface area contributed by atoms with Crippen LogP contribution in [0.5, 0.6) is 0 Å². The molecular formula is C36H52N4O2. The lowest BCUT2D eigenvalue weighted by Crippen LogP contribution is -2.34. The summed E-state index contributed by atoms with van der Waals surface area (Å²) in [4.78, 5) is 31.3. The molecule has 228 valence electrons. The molecule has 0 atom stereocenters. The molecule has 2 rings (SSSR count). The molecule has 0 bridgehead atoms. The molecule has 0 aromatic carbocycles. The summed E-state index contributed by atoms with van der Waals surface area (Å²) in [5.41, 5.74) is 1.56. The van der Waals surface area contributed by atoms with E-state index in [1.54, 1.807) is 6.20 Å². The molecular weight excluding hydrogens is 520 g/mol. The van der Waals surface area contributed by atoms with Crippen LogP contribution < -0.4 is 10.6 Å². The molecule has 6 heteroatoms. The third kappa shape index (κ3) is 18.0. The number of likely N-dealkylation sites (tertiary alicyclic amines) is 1. The number of rotatable bonds is 21. The summed E-state index contributed by atoms with van der Waals surface area (Å²) in [7, 11) is 0. The fourth-order valence-corrected chi connectivity index (χ4v) is 4.41. The van der Waals surface area contributed by atoms with Gasteiger partial charge in [0.15, 0.2) is 0 Å². The van der Waals surface area contributed by atoms with Crippen molar-refractivity contribution in [3.63, 3.8) is 0 Å². The van der Waals surface area contributed by atoms with Crippen molar-refractivity contribution in [2.45, 2.75) is 77.6 Å². The number of hydrogen-bond donors (Lipinski definition) is 2. The molecule has 1 aromatic heterocycles. The zero-order valence-corrected chi connectivity index (χ0v) is 25.7. The summed E-state index contributed by atoms with van der Waals surface area (Å²) in [6.07, 6.45) is 38.2. The van der Waals surface area contributed by atoms with Gasteiger partial charge in [0.1, 0.15) is 0 Å². The lowest BCUT2D eigenvalue weighted by Gasteiger charge is -2.13. The van der Waals surface area contributed by atoms with E-state index in [9.17, 15) is 9.59 Å². The largest absolute Gasteiger partial charge is 0.354 e. The molecule has 0 aliphatic carbocycles. The molecule has 2 heterocycles. The van der Waals surface area contributed by atoms with Crippen LogP contribution in [0, 0.1) is 0 Å². The molecule has 0 unspecified atom stereocenters. The van der Waals surface area contributed by atoms with Gasteiger partial charge in [-0.15, -0.1) is 0 Å². The number of hydrogen-bond acceptors (Lipinski definition) is 4. The van der Waals surface area contributed by atoms with Gasteiger partial charge in [0.2, 0.25) is 5.91 Å². The minimum Gasteiger partial charge on any atom is -0.354 e. The van der Waals surface area contributed by atoms with Gasteiger partial charge in [-0.05, 0) is 83.0 Å². The molecule has 6 nitrogen and oxygen atoms in total. The highest BCUT2D eigenvalue weighted by atomic mass is 16.2. The number of carbonyl (C=O) groups is 2. The number of carbonyl (C=O) groups excluding carboxylic acids is 2. The number of aromatic nitrogens is 1. The summed E-state index contributed by atoms with van der Waals surface area (Å²) in [5, 5.41) is 5.70. The molecule has 0 spiro atoms. The number of nitrogens with zero attached hydrogens (tertiary/aromatic N) is 2. The number of pyridine rings is 1. The fourth-order valence-electron chi connectivity index (χ4n) is 4.41. The highest BCUT2D eigenvalue weighted by Gasteiger charge is 2.11. The molecule has 42 heavy (non-hydrogen) atoms. The SMILES string of the molecule is CC/C=C\C/C=C\C/C=C\C/C=C\C/C=C\C/C=C\CCC(=O)NCCNC(=O)c1ccc(CCN2CCCC2)nc1. The Labute approximate surface area is 254 Å². The summed E-state index contributed by atoms with van der Waals surface area (Å²) in [6, 6.07) is 3.76. The Bertz CT molecular complexity index is 1040. The third-order valence-electron chi connectivity index (χ3n) is 6.84. The zero-order valence-electron chi connectivity index (χ0n) is 25.7. The minimum absolute atomic E-state index is 0.00667. The maximum absolute atomic E-state index is 12.3. The Hall–Kier alpha value is -3.51. The molecule has 1 saturated heterocycles. The average Bonchev–Trinajstić information content (AvgIpc) is 3.53. The highest BCUT2D eigenvalue weighted by molar-refractivity contribution is 5.93. The molecule has 1 aliphatic heterocycles. The van der Waals surface area contributed by atoms with Crippen molar-refractivity contribution in [1.29, 1.82) is 0 Å². The first-order chi connectivity index (χ1) is 20.7. The predicted molar refractivity (Wildman–Crippen MR) is 176 cm³/mol. The molecule has 1 aromatic rings. The summed E-state index contributed by atoms with van der Waals surface area (Å²) in [5.74, 6) is -0.173. The first-order valence-electron chi connectivity index (χ1n) is 15.8. The zero-order chi connectivity index (χ0) is 29.9. The van der Waals surface area contributed by atoms with E-state index in [0.717, 1.165) is 57.2 Å². The fraction of sp³-hybridized carbons (Fsp3) is 0.472. The van der Waals surface area contributed by atoms with Gasteiger partial charge in [-0.3, -0.25) is 14.6 Å². The Morgan fingerprint density at radius 3 is 1.86 bits per heavy atom. The topological polar surface area (TPSA) is 74.3 Å². The van der Waals surface area contributed by atoms with Gasteiger partial charge in [-0.1, -0.05) is 79.8 Å². The van der Waals surface area contributed by atoms with Crippen LogP contribution >= 0.6 is 0 Å². The number of nitrogens with one attached hydrogen (secondary N) is 2. The smallest absolute Gasteiger partial charge is 0.252 e. The van der Waals surface area contributed by atoms with Crippen molar-refractivity contribution in [1.82, 2.24) is 20.5 Å². The Morgan fingerprint density at radius 2 is 1.31 bits per heavy atom. The van der Waals surface area contributed by atoms with Crippen molar-refractivity contribution in [3.8, 4) is 0 Å². The van der Waals surface area contributed by atoms with E-state index in [1.165, 1.54) is 25.9 Å². The van der Waals surface area contributed by atoms with Gasteiger partial charge in [0.05, 0.1) is 5.56 Å². The number of allylic oxidation sites excluding steroid dienone is 12. The molecule has 1 aliphatic rings. The Balaban J connectivity index is 1.42. The van der Waals surface area contributed by atoms with Crippen LogP contribution in [0.3, 0.4) is 0 Å². The van der Waals surface area contributed by atoms with Crippen molar-refractivity contribution >= 4 is 11.8 Å². The van der Waals surface area contributed by atoms with Crippen LogP contribution in [0.4, 0.5) is 0 Å². The van der Waals surface area contributed by atoms with Crippen LogP contribution in [-0.4, -0.2) is 54.4 Å². The van der Waals surface area contributed by atoms with Gasteiger partial charge in [-0.2, -0.15) is 0 Å². The average molecular weight is 573 g/mol. The first kappa shape index (κ1) is 34.7. The van der Waals surface area contributed by atoms with Gasteiger partial charge in [0.25, 0.3) is 5.91 Å². The van der Waals surface area contributed by atoms with Gasteiger partial charge in [0, 0.05) is 44.4 Å². The Kier molecular flexibility index (Phi) is 19.9. The van der Waals surface area contributed by atoms with Crippen LogP contribution in [0.15, 0.2) is 91.2 Å². The van der Waals surface area contributed by atoms with E-state index in [4.69, 9.17) is 0 Å². The van der Waals surface area contributed by atoms with Gasteiger partial charge in [-0.25, -0.2) is 0 Å².